The molecule has 0 aliphatic heterocycles. The van der Waals surface area contributed by atoms with Crippen molar-refractivity contribution in [2.24, 2.45) is 5.92 Å². The molecule has 0 radical (unpaired) electrons. The van der Waals surface area contributed by atoms with Gasteiger partial charge in [-0.1, -0.05) is 26.0 Å². The number of nitrogens with one attached hydrogen (secondary N) is 3. The van der Waals surface area contributed by atoms with Gasteiger partial charge in [-0.3, -0.25) is 25.8 Å². The highest BCUT2D eigenvalue weighted by atomic mass is 32.1. The van der Waals surface area contributed by atoms with Crippen molar-refractivity contribution in [2.45, 2.75) is 26.7 Å². The van der Waals surface area contributed by atoms with E-state index in [1.807, 2.05) is 0 Å². The lowest BCUT2D eigenvalue weighted by Gasteiger charge is -2.12. The van der Waals surface area contributed by atoms with E-state index >= 15 is 0 Å². The van der Waals surface area contributed by atoms with E-state index in [0.29, 0.717) is 16.6 Å². The van der Waals surface area contributed by atoms with Gasteiger partial charge in [-0.05, 0) is 30.1 Å². The molecule has 8 heteroatoms. The maximum atomic E-state index is 11.7. The molecule has 7 nitrogen and oxygen atoms in total. The Morgan fingerprint density at radius 1 is 1.27 bits per heavy atom. The Morgan fingerprint density at radius 3 is 2.45 bits per heavy atom. The smallest absolute Gasteiger partial charge is 0.269 e. The second-order valence-corrected chi connectivity index (χ2v) is 5.62. The monoisotopic (exact) mass is 324 g/mol. The molecule has 1 rings (SSSR count). The Labute approximate surface area is 134 Å². The van der Waals surface area contributed by atoms with Gasteiger partial charge in [0.25, 0.3) is 5.69 Å². The topological polar surface area (TPSA) is 96.3 Å². The van der Waals surface area contributed by atoms with Gasteiger partial charge in [0.1, 0.15) is 0 Å². The number of nitrogens with zero attached hydrogens (tertiary/aromatic N) is 1. The number of thiocarbonyl (C=S) groups is 1. The van der Waals surface area contributed by atoms with E-state index in [1.165, 1.54) is 12.1 Å². The predicted molar refractivity (Wildman–Crippen MR) is 88.1 cm³/mol. The van der Waals surface area contributed by atoms with E-state index in [1.54, 1.807) is 12.1 Å². The Balaban J connectivity index is 2.31. The van der Waals surface area contributed by atoms with Gasteiger partial charge < -0.3 is 5.32 Å². The number of amides is 1. The van der Waals surface area contributed by atoms with Gasteiger partial charge >= 0.3 is 0 Å². The van der Waals surface area contributed by atoms with Crippen molar-refractivity contribution >= 4 is 28.9 Å². The molecular formula is C14H20N4O3S. The summed E-state index contributed by atoms with van der Waals surface area (Å²) < 4.78 is 0. The first-order valence-corrected chi connectivity index (χ1v) is 7.35. The van der Waals surface area contributed by atoms with E-state index in [2.05, 4.69) is 30.0 Å². The van der Waals surface area contributed by atoms with E-state index in [4.69, 9.17) is 12.2 Å². The molecule has 0 aliphatic rings. The number of hydrogen-bond acceptors (Lipinski definition) is 4. The zero-order chi connectivity index (χ0) is 16.5. The summed E-state index contributed by atoms with van der Waals surface area (Å²) in [5, 5.41) is 13.9. The normalized spacial score (nSPS) is 10.1. The second-order valence-electron chi connectivity index (χ2n) is 5.21. The quantitative estimate of drug-likeness (QED) is 0.418. The van der Waals surface area contributed by atoms with Crippen LogP contribution in [0.25, 0.3) is 0 Å². The molecule has 22 heavy (non-hydrogen) atoms. The van der Waals surface area contributed by atoms with Crippen molar-refractivity contribution in [2.75, 3.05) is 6.54 Å². The molecular weight excluding hydrogens is 304 g/mol. The molecule has 1 aromatic rings. The van der Waals surface area contributed by atoms with Crippen LogP contribution < -0.4 is 16.2 Å². The zero-order valence-electron chi connectivity index (χ0n) is 12.6. The van der Waals surface area contributed by atoms with Crippen LogP contribution >= 0.6 is 12.2 Å². The summed E-state index contributed by atoms with van der Waals surface area (Å²) in [5.41, 5.74) is 5.78. The highest BCUT2D eigenvalue weighted by Crippen LogP contribution is 2.12. The first kappa shape index (κ1) is 17.8. The molecule has 0 heterocycles. The van der Waals surface area contributed by atoms with Crippen molar-refractivity contribution in [1.29, 1.82) is 0 Å². The lowest BCUT2D eigenvalue weighted by molar-refractivity contribution is -0.384. The van der Waals surface area contributed by atoms with Crippen molar-refractivity contribution in [3.63, 3.8) is 0 Å². The van der Waals surface area contributed by atoms with Crippen molar-refractivity contribution in [3.05, 3.63) is 39.9 Å². The minimum Gasteiger partial charge on any atom is -0.361 e. The molecule has 120 valence electrons. The van der Waals surface area contributed by atoms with Gasteiger partial charge in [-0.25, -0.2) is 0 Å². The molecule has 0 bridgehead atoms. The van der Waals surface area contributed by atoms with Gasteiger partial charge in [0.15, 0.2) is 5.11 Å². The van der Waals surface area contributed by atoms with Gasteiger partial charge in [0.05, 0.1) is 11.3 Å². The van der Waals surface area contributed by atoms with Crippen LogP contribution in [-0.2, 0) is 11.2 Å². The number of non-ortho nitro benzene ring substituents is 1. The van der Waals surface area contributed by atoms with Crippen LogP contribution in [0.1, 0.15) is 25.8 Å². The number of hydrogen-bond donors (Lipinski definition) is 3. The first-order valence-electron chi connectivity index (χ1n) is 6.94. The fourth-order valence-corrected chi connectivity index (χ4v) is 1.76. The number of benzene rings is 1. The maximum Gasteiger partial charge on any atom is 0.269 e. The molecule has 0 saturated heterocycles. The first-order chi connectivity index (χ1) is 10.4. The molecule has 0 fully saturated rings. The average molecular weight is 324 g/mol. The molecule has 0 aliphatic carbocycles. The molecule has 0 aromatic heterocycles. The van der Waals surface area contributed by atoms with Crippen LogP contribution in [0.15, 0.2) is 24.3 Å². The molecule has 0 unspecified atom stereocenters. The number of hydrazine groups is 1. The van der Waals surface area contributed by atoms with Crippen LogP contribution in [0.5, 0.6) is 0 Å². The fraction of sp³-hybridized carbons (Fsp3) is 0.429. The molecule has 3 N–H and O–H groups in total. The van der Waals surface area contributed by atoms with E-state index < -0.39 is 4.92 Å². The third-order valence-electron chi connectivity index (χ3n) is 2.83. The summed E-state index contributed by atoms with van der Waals surface area (Å²) in [6, 6.07) is 5.84. The minimum atomic E-state index is -0.479. The van der Waals surface area contributed by atoms with E-state index in [-0.39, 0.29) is 18.0 Å². The molecule has 0 saturated carbocycles. The molecule has 0 atom stereocenters. The van der Waals surface area contributed by atoms with Gasteiger partial charge in [-0.15, -0.1) is 0 Å². The Hall–Kier alpha value is -2.22. The Kier molecular flexibility index (Phi) is 7.24. The van der Waals surface area contributed by atoms with Crippen LogP contribution in [0.2, 0.25) is 0 Å². The number of nitro groups is 1. The summed E-state index contributed by atoms with van der Waals surface area (Å²) >= 11 is 5.02. The largest absolute Gasteiger partial charge is 0.361 e. The van der Waals surface area contributed by atoms with Crippen molar-refractivity contribution in [3.8, 4) is 0 Å². The second kappa shape index (κ2) is 8.93. The zero-order valence-corrected chi connectivity index (χ0v) is 13.4. The summed E-state index contributed by atoms with van der Waals surface area (Å²) in [5.74, 6) is 0.300. The SMILES string of the molecule is CC(C)CCNC(=S)NNC(=O)Cc1ccc([N+](=O)[O-])cc1. The lowest BCUT2D eigenvalue weighted by Crippen LogP contribution is -2.47. The Morgan fingerprint density at radius 2 is 1.91 bits per heavy atom. The summed E-state index contributed by atoms with van der Waals surface area (Å²) in [6.45, 7) is 4.97. The van der Waals surface area contributed by atoms with Crippen LogP contribution in [0.4, 0.5) is 5.69 Å². The highest BCUT2D eigenvalue weighted by molar-refractivity contribution is 7.80. The fourth-order valence-electron chi connectivity index (χ4n) is 1.61. The number of carbonyl (C=O) groups is 1. The third-order valence-corrected chi connectivity index (χ3v) is 3.08. The lowest BCUT2D eigenvalue weighted by atomic mass is 10.1. The van der Waals surface area contributed by atoms with Gasteiger partial charge in [-0.2, -0.15) is 0 Å². The minimum absolute atomic E-state index is 0.00202. The molecule has 0 spiro atoms. The Bertz CT molecular complexity index is 531. The number of rotatable bonds is 6. The van der Waals surface area contributed by atoms with Crippen molar-refractivity contribution in [1.82, 2.24) is 16.2 Å². The van der Waals surface area contributed by atoms with Gasteiger partial charge in [0, 0.05) is 18.7 Å². The van der Waals surface area contributed by atoms with Crippen LogP contribution in [-0.4, -0.2) is 22.5 Å². The highest BCUT2D eigenvalue weighted by Gasteiger charge is 2.07. The molecule has 1 aromatic carbocycles. The van der Waals surface area contributed by atoms with E-state index in [0.717, 1.165) is 13.0 Å². The summed E-state index contributed by atoms with van der Waals surface area (Å²) in [7, 11) is 0. The van der Waals surface area contributed by atoms with Gasteiger partial charge in [0.2, 0.25) is 5.91 Å². The number of nitro benzene ring substituents is 1. The van der Waals surface area contributed by atoms with E-state index in [9.17, 15) is 14.9 Å². The summed E-state index contributed by atoms with van der Waals surface area (Å²) in [6.07, 6.45) is 1.10. The van der Waals surface area contributed by atoms with Crippen LogP contribution in [0, 0.1) is 16.0 Å². The third kappa shape index (κ3) is 6.98. The maximum absolute atomic E-state index is 11.7. The summed E-state index contributed by atoms with van der Waals surface area (Å²) in [4.78, 5) is 21.8. The predicted octanol–water partition coefficient (Wildman–Crippen LogP) is 1.68. The standard InChI is InChI=1S/C14H20N4O3S/c1-10(2)7-8-15-14(22)17-16-13(19)9-11-3-5-12(6-4-11)18(20)21/h3-6,10H,7-9H2,1-2H3,(H,16,19)(H2,15,17,22). The number of carbonyl (C=O) groups excluding carboxylic acids is 1. The average Bonchev–Trinajstić information content (AvgIpc) is 2.45. The molecule has 1 amide bonds. The van der Waals surface area contributed by atoms with Crippen LogP contribution in [0.3, 0.4) is 0 Å². The van der Waals surface area contributed by atoms with Crippen molar-refractivity contribution < 1.29 is 9.72 Å².